The molecule has 0 saturated heterocycles. The molecule has 0 radical (unpaired) electrons. The average molecular weight is 267 g/mol. The zero-order valence-electron chi connectivity index (χ0n) is 11.8. The van der Waals surface area contributed by atoms with Crippen LogP contribution in [0.4, 0.5) is 0 Å². The molecule has 2 atom stereocenters. The Morgan fingerprint density at radius 3 is 2.50 bits per heavy atom. The summed E-state index contributed by atoms with van der Waals surface area (Å²) in [6.45, 7) is 8.59. The molecule has 0 spiro atoms. The summed E-state index contributed by atoms with van der Waals surface area (Å²) >= 11 is 1.74. The highest BCUT2D eigenvalue weighted by molar-refractivity contribution is 7.99. The van der Waals surface area contributed by atoms with E-state index in [1.807, 2.05) is 0 Å². The van der Waals surface area contributed by atoms with Crippen LogP contribution in [0.5, 0.6) is 0 Å². The molecule has 0 heterocycles. The largest absolute Gasteiger partial charge is 0.395 e. The molecule has 0 aliphatic heterocycles. The molecule has 1 rings (SSSR count). The quantitative estimate of drug-likeness (QED) is 0.862. The molecule has 3 heteroatoms. The molecule has 0 amide bonds. The van der Waals surface area contributed by atoms with E-state index in [4.69, 9.17) is 5.73 Å². The van der Waals surface area contributed by atoms with Gasteiger partial charge in [0.2, 0.25) is 0 Å². The molecule has 1 aromatic rings. The van der Waals surface area contributed by atoms with Crippen molar-refractivity contribution in [3.8, 4) is 0 Å². The Morgan fingerprint density at radius 2 is 2.00 bits per heavy atom. The van der Waals surface area contributed by atoms with Gasteiger partial charge in [0.1, 0.15) is 0 Å². The van der Waals surface area contributed by atoms with Gasteiger partial charge in [-0.2, -0.15) is 0 Å². The summed E-state index contributed by atoms with van der Waals surface area (Å²) in [5.41, 5.74) is 8.80. The molecule has 0 fully saturated rings. The lowest BCUT2D eigenvalue weighted by molar-refractivity contribution is 0.233. The molecular formula is C15H25NOS. The standard InChI is InChI=1S/C15H25NOS/c1-11-6-5-7-12(8-11)10-18-13(9-17)14(16)15(2,3)4/h5-8,13-14,17H,9-10,16H2,1-4H3. The van der Waals surface area contributed by atoms with Crippen LogP contribution in [-0.4, -0.2) is 23.0 Å². The molecule has 0 bridgehead atoms. The molecule has 2 unspecified atom stereocenters. The number of aliphatic hydroxyl groups excluding tert-OH is 1. The van der Waals surface area contributed by atoms with Crippen molar-refractivity contribution in [2.75, 3.05) is 6.61 Å². The van der Waals surface area contributed by atoms with E-state index in [0.717, 1.165) is 5.75 Å². The van der Waals surface area contributed by atoms with Gasteiger partial charge in [0, 0.05) is 17.0 Å². The number of thioether (sulfide) groups is 1. The first-order chi connectivity index (χ1) is 8.34. The van der Waals surface area contributed by atoms with E-state index in [2.05, 4.69) is 52.0 Å². The van der Waals surface area contributed by atoms with Crippen LogP contribution in [0.3, 0.4) is 0 Å². The highest BCUT2D eigenvalue weighted by Gasteiger charge is 2.28. The van der Waals surface area contributed by atoms with Crippen molar-refractivity contribution in [3.63, 3.8) is 0 Å². The first-order valence-electron chi connectivity index (χ1n) is 6.38. The fourth-order valence-electron chi connectivity index (χ4n) is 1.83. The van der Waals surface area contributed by atoms with Gasteiger partial charge in [-0.25, -0.2) is 0 Å². The van der Waals surface area contributed by atoms with E-state index >= 15 is 0 Å². The zero-order chi connectivity index (χ0) is 13.8. The van der Waals surface area contributed by atoms with Crippen LogP contribution in [0.15, 0.2) is 24.3 Å². The predicted octanol–water partition coefficient (Wildman–Crippen LogP) is 2.96. The van der Waals surface area contributed by atoms with Gasteiger partial charge >= 0.3 is 0 Å². The molecule has 102 valence electrons. The van der Waals surface area contributed by atoms with Gasteiger partial charge in [0.05, 0.1) is 6.61 Å². The van der Waals surface area contributed by atoms with Crippen molar-refractivity contribution < 1.29 is 5.11 Å². The molecular weight excluding hydrogens is 242 g/mol. The topological polar surface area (TPSA) is 46.2 Å². The number of benzene rings is 1. The zero-order valence-corrected chi connectivity index (χ0v) is 12.6. The van der Waals surface area contributed by atoms with Gasteiger partial charge in [-0.3, -0.25) is 0 Å². The van der Waals surface area contributed by atoms with Gasteiger partial charge < -0.3 is 10.8 Å². The fourth-order valence-corrected chi connectivity index (χ4v) is 3.14. The Balaban J connectivity index is 2.60. The monoisotopic (exact) mass is 267 g/mol. The summed E-state index contributed by atoms with van der Waals surface area (Å²) in [7, 11) is 0. The molecule has 0 aliphatic carbocycles. The summed E-state index contributed by atoms with van der Waals surface area (Å²) in [5, 5.41) is 9.58. The maximum Gasteiger partial charge on any atom is 0.0565 e. The van der Waals surface area contributed by atoms with Crippen LogP contribution in [0.2, 0.25) is 0 Å². The average Bonchev–Trinajstić information content (AvgIpc) is 2.28. The smallest absolute Gasteiger partial charge is 0.0565 e. The molecule has 1 aromatic carbocycles. The van der Waals surface area contributed by atoms with E-state index in [1.165, 1.54) is 11.1 Å². The Kier molecular flexibility index (Phi) is 5.70. The molecule has 0 aliphatic rings. The third kappa shape index (κ3) is 4.63. The summed E-state index contributed by atoms with van der Waals surface area (Å²) < 4.78 is 0. The predicted molar refractivity (Wildman–Crippen MR) is 80.8 cm³/mol. The van der Waals surface area contributed by atoms with Crippen LogP contribution in [-0.2, 0) is 5.75 Å². The van der Waals surface area contributed by atoms with Crippen molar-refractivity contribution in [1.82, 2.24) is 0 Å². The Hall–Kier alpha value is -0.510. The normalized spacial score (nSPS) is 15.4. The minimum Gasteiger partial charge on any atom is -0.395 e. The Labute approximate surface area is 115 Å². The lowest BCUT2D eigenvalue weighted by Gasteiger charge is -2.32. The van der Waals surface area contributed by atoms with Crippen molar-refractivity contribution in [3.05, 3.63) is 35.4 Å². The third-order valence-corrected chi connectivity index (χ3v) is 4.50. The third-order valence-electron chi connectivity index (χ3n) is 3.13. The van der Waals surface area contributed by atoms with E-state index < -0.39 is 0 Å². The molecule has 0 aromatic heterocycles. The number of aryl methyl sites for hydroxylation is 1. The van der Waals surface area contributed by atoms with Gasteiger partial charge in [0.25, 0.3) is 0 Å². The van der Waals surface area contributed by atoms with Crippen molar-refractivity contribution in [2.45, 2.75) is 44.7 Å². The Bertz CT molecular complexity index is 373. The van der Waals surface area contributed by atoms with Gasteiger partial charge in [0.15, 0.2) is 0 Å². The van der Waals surface area contributed by atoms with Crippen LogP contribution in [0, 0.1) is 12.3 Å². The summed E-state index contributed by atoms with van der Waals surface area (Å²) in [6, 6.07) is 8.47. The Morgan fingerprint density at radius 1 is 1.33 bits per heavy atom. The number of aliphatic hydroxyl groups is 1. The van der Waals surface area contributed by atoms with E-state index in [9.17, 15) is 5.11 Å². The second-order valence-corrected chi connectivity index (χ2v) is 7.14. The van der Waals surface area contributed by atoms with Crippen molar-refractivity contribution in [2.24, 2.45) is 11.1 Å². The van der Waals surface area contributed by atoms with E-state index in [-0.39, 0.29) is 23.3 Å². The van der Waals surface area contributed by atoms with E-state index in [0.29, 0.717) is 0 Å². The van der Waals surface area contributed by atoms with E-state index in [1.54, 1.807) is 11.8 Å². The van der Waals surface area contributed by atoms with Crippen LogP contribution in [0.25, 0.3) is 0 Å². The summed E-state index contributed by atoms with van der Waals surface area (Å²) in [4.78, 5) is 0. The van der Waals surface area contributed by atoms with Gasteiger partial charge in [-0.05, 0) is 17.9 Å². The maximum atomic E-state index is 9.49. The van der Waals surface area contributed by atoms with Crippen LogP contribution < -0.4 is 5.73 Å². The lowest BCUT2D eigenvalue weighted by Crippen LogP contribution is -2.45. The maximum absolute atomic E-state index is 9.49. The van der Waals surface area contributed by atoms with Crippen LogP contribution in [0.1, 0.15) is 31.9 Å². The highest BCUT2D eigenvalue weighted by Crippen LogP contribution is 2.28. The number of nitrogens with two attached hydrogens (primary N) is 1. The minimum absolute atomic E-state index is 0.00249. The second-order valence-electron chi connectivity index (χ2n) is 5.91. The second kappa shape index (κ2) is 6.60. The SMILES string of the molecule is Cc1cccc(CSC(CO)C(N)C(C)(C)C)c1. The van der Waals surface area contributed by atoms with Gasteiger partial charge in [-0.1, -0.05) is 50.6 Å². The first-order valence-corrected chi connectivity index (χ1v) is 7.43. The summed E-state index contributed by atoms with van der Waals surface area (Å²) in [6.07, 6.45) is 0. The molecule has 18 heavy (non-hydrogen) atoms. The van der Waals surface area contributed by atoms with Crippen LogP contribution >= 0.6 is 11.8 Å². The summed E-state index contributed by atoms with van der Waals surface area (Å²) in [5.74, 6) is 0.899. The number of rotatable bonds is 5. The fraction of sp³-hybridized carbons (Fsp3) is 0.600. The number of hydrogen-bond donors (Lipinski definition) is 2. The first kappa shape index (κ1) is 15.5. The molecule has 3 N–H and O–H groups in total. The van der Waals surface area contributed by atoms with Crippen molar-refractivity contribution in [1.29, 1.82) is 0 Å². The lowest BCUT2D eigenvalue weighted by atomic mass is 9.85. The van der Waals surface area contributed by atoms with Gasteiger partial charge in [-0.15, -0.1) is 11.8 Å². The van der Waals surface area contributed by atoms with Crippen molar-refractivity contribution >= 4 is 11.8 Å². The minimum atomic E-state index is -0.00249. The molecule has 2 nitrogen and oxygen atoms in total. The molecule has 0 saturated carbocycles. The highest BCUT2D eigenvalue weighted by atomic mass is 32.2. The number of hydrogen-bond acceptors (Lipinski definition) is 3.